The van der Waals surface area contributed by atoms with E-state index in [1.807, 2.05) is 6.92 Å². The molecule has 1 N–H and O–H groups in total. The van der Waals surface area contributed by atoms with Crippen molar-refractivity contribution < 1.29 is 9.50 Å². The van der Waals surface area contributed by atoms with E-state index in [2.05, 4.69) is 0 Å². The quantitative estimate of drug-likeness (QED) is 0.849. The Hall–Kier alpha value is -0.600. The minimum absolute atomic E-state index is 0.134. The maximum Gasteiger partial charge on any atom is 0.145 e. The van der Waals surface area contributed by atoms with Gasteiger partial charge in [0.05, 0.1) is 10.6 Å². The van der Waals surface area contributed by atoms with Gasteiger partial charge in [-0.1, -0.05) is 43.5 Å². The summed E-state index contributed by atoms with van der Waals surface area (Å²) in [5, 5.41) is 10.7. The molecule has 1 aromatic carbocycles. The third-order valence-electron chi connectivity index (χ3n) is 3.94. The van der Waals surface area contributed by atoms with Crippen LogP contribution in [0.15, 0.2) is 18.2 Å². The standard InChI is InChI=1S/C14H18ClFO/c1-10-5-2-3-8-14(10,17)9-11-6-4-7-12(15)13(11)16/h4,6-7,10,17H,2-3,5,8-9H2,1H3. The average molecular weight is 257 g/mol. The summed E-state index contributed by atoms with van der Waals surface area (Å²) in [7, 11) is 0. The van der Waals surface area contributed by atoms with Crippen molar-refractivity contribution in [2.75, 3.05) is 0 Å². The Bertz CT molecular complexity index is 407. The predicted molar refractivity (Wildman–Crippen MR) is 67.7 cm³/mol. The fraction of sp³-hybridized carbons (Fsp3) is 0.571. The molecule has 1 nitrogen and oxygen atoms in total. The van der Waals surface area contributed by atoms with E-state index in [9.17, 15) is 9.50 Å². The average Bonchev–Trinajstić information content (AvgIpc) is 2.29. The van der Waals surface area contributed by atoms with E-state index in [0.29, 0.717) is 12.0 Å². The van der Waals surface area contributed by atoms with Gasteiger partial charge in [0.2, 0.25) is 0 Å². The predicted octanol–water partition coefficient (Wildman–Crippen LogP) is 3.96. The highest BCUT2D eigenvalue weighted by Crippen LogP contribution is 2.37. The van der Waals surface area contributed by atoms with Crippen LogP contribution in [0.3, 0.4) is 0 Å². The van der Waals surface area contributed by atoms with Gasteiger partial charge in [-0.25, -0.2) is 4.39 Å². The molecule has 1 saturated carbocycles. The molecule has 0 aromatic heterocycles. The lowest BCUT2D eigenvalue weighted by Crippen LogP contribution is -2.41. The monoisotopic (exact) mass is 256 g/mol. The molecule has 1 aromatic rings. The fourth-order valence-electron chi connectivity index (χ4n) is 2.67. The van der Waals surface area contributed by atoms with Gasteiger partial charge in [0.15, 0.2) is 0 Å². The Morgan fingerprint density at radius 2 is 2.24 bits per heavy atom. The van der Waals surface area contributed by atoms with E-state index >= 15 is 0 Å². The normalized spacial score (nSPS) is 29.3. The highest BCUT2D eigenvalue weighted by Gasteiger charge is 2.36. The molecule has 0 saturated heterocycles. The minimum atomic E-state index is -0.774. The zero-order valence-corrected chi connectivity index (χ0v) is 10.8. The summed E-state index contributed by atoms with van der Waals surface area (Å²) in [5.74, 6) is -0.171. The molecule has 1 aliphatic carbocycles. The van der Waals surface area contributed by atoms with Crippen LogP contribution in [-0.2, 0) is 6.42 Å². The summed E-state index contributed by atoms with van der Waals surface area (Å²) in [6.45, 7) is 2.04. The molecule has 0 spiro atoms. The maximum absolute atomic E-state index is 13.8. The summed E-state index contributed by atoms with van der Waals surface area (Å²) in [6, 6.07) is 4.98. The Morgan fingerprint density at radius 1 is 1.47 bits per heavy atom. The summed E-state index contributed by atoms with van der Waals surface area (Å²) < 4.78 is 13.8. The van der Waals surface area contributed by atoms with Crippen molar-refractivity contribution in [1.29, 1.82) is 0 Å². The number of hydrogen-bond donors (Lipinski definition) is 1. The zero-order chi connectivity index (χ0) is 12.5. The number of rotatable bonds is 2. The van der Waals surface area contributed by atoms with Gasteiger partial charge in [-0.2, -0.15) is 0 Å². The molecule has 3 heteroatoms. The molecule has 0 radical (unpaired) electrons. The molecular formula is C14H18ClFO. The van der Waals surface area contributed by atoms with E-state index < -0.39 is 5.60 Å². The van der Waals surface area contributed by atoms with Crippen LogP contribution in [0, 0.1) is 11.7 Å². The molecule has 1 aliphatic rings. The largest absolute Gasteiger partial charge is 0.389 e. The number of benzene rings is 1. The third kappa shape index (κ3) is 2.63. The molecule has 0 amide bonds. The fourth-order valence-corrected chi connectivity index (χ4v) is 2.87. The topological polar surface area (TPSA) is 20.2 Å². The van der Waals surface area contributed by atoms with Crippen LogP contribution < -0.4 is 0 Å². The summed E-state index contributed by atoms with van der Waals surface area (Å²) in [5.41, 5.74) is -0.252. The highest BCUT2D eigenvalue weighted by molar-refractivity contribution is 6.30. The third-order valence-corrected chi connectivity index (χ3v) is 4.23. The van der Waals surface area contributed by atoms with Crippen molar-refractivity contribution in [2.24, 2.45) is 5.92 Å². The minimum Gasteiger partial charge on any atom is -0.389 e. The van der Waals surface area contributed by atoms with Gasteiger partial charge in [0, 0.05) is 6.42 Å². The van der Waals surface area contributed by atoms with Crippen LogP contribution in [0.5, 0.6) is 0 Å². The molecule has 2 unspecified atom stereocenters. The number of halogens is 2. The van der Waals surface area contributed by atoms with Gasteiger partial charge in [0.25, 0.3) is 0 Å². The number of aliphatic hydroxyl groups is 1. The van der Waals surface area contributed by atoms with E-state index in [0.717, 1.165) is 25.7 Å². The highest BCUT2D eigenvalue weighted by atomic mass is 35.5. The first kappa shape index (κ1) is 12.8. The Balaban J connectivity index is 2.22. The molecular weight excluding hydrogens is 239 g/mol. The molecule has 0 heterocycles. The summed E-state index contributed by atoms with van der Waals surface area (Å²) in [6.07, 6.45) is 4.30. The summed E-state index contributed by atoms with van der Waals surface area (Å²) >= 11 is 5.76. The summed E-state index contributed by atoms with van der Waals surface area (Å²) in [4.78, 5) is 0. The lowest BCUT2D eigenvalue weighted by Gasteiger charge is -2.38. The lowest BCUT2D eigenvalue weighted by atomic mass is 9.73. The Labute approximate surface area is 107 Å². The van der Waals surface area contributed by atoms with Crippen molar-refractivity contribution in [1.82, 2.24) is 0 Å². The molecule has 2 atom stereocenters. The van der Waals surface area contributed by atoms with Gasteiger partial charge in [-0.05, 0) is 30.4 Å². The van der Waals surface area contributed by atoms with Crippen LogP contribution >= 0.6 is 11.6 Å². The van der Waals surface area contributed by atoms with Crippen molar-refractivity contribution in [3.8, 4) is 0 Å². The molecule has 94 valence electrons. The molecule has 0 bridgehead atoms. The van der Waals surface area contributed by atoms with E-state index in [-0.39, 0.29) is 16.8 Å². The first-order chi connectivity index (χ1) is 8.03. The second kappa shape index (κ2) is 4.95. The Kier molecular flexibility index (Phi) is 3.74. The second-order valence-corrected chi connectivity index (χ2v) is 5.55. The van der Waals surface area contributed by atoms with E-state index in [1.54, 1.807) is 12.1 Å². The Morgan fingerprint density at radius 3 is 2.94 bits per heavy atom. The number of hydrogen-bond acceptors (Lipinski definition) is 1. The van der Waals surface area contributed by atoms with Crippen molar-refractivity contribution in [2.45, 2.75) is 44.6 Å². The molecule has 17 heavy (non-hydrogen) atoms. The van der Waals surface area contributed by atoms with Gasteiger partial charge in [-0.3, -0.25) is 0 Å². The zero-order valence-electron chi connectivity index (χ0n) is 10.0. The van der Waals surface area contributed by atoms with Crippen LogP contribution in [0.2, 0.25) is 5.02 Å². The van der Waals surface area contributed by atoms with Gasteiger partial charge in [-0.15, -0.1) is 0 Å². The van der Waals surface area contributed by atoms with Crippen molar-refractivity contribution in [3.63, 3.8) is 0 Å². The lowest BCUT2D eigenvalue weighted by molar-refractivity contribution is -0.0410. The van der Waals surface area contributed by atoms with Crippen LogP contribution in [-0.4, -0.2) is 10.7 Å². The van der Waals surface area contributed by atoms with E-state index in [1.165, 1.54) is 6.07 Å². The molecule has 0 aliphatic heterocycles. The molecule has 2 rings (SSSR count). The smallest absolute Gasteiger partial charge is 0.145 e. The van der Waals surface area contributed by atoms with Crippen LogP contribution in [0.4, 0.5) is 4.39 Å². The van der Waals surface area contributed by atoms with Crippen LogP contribution in [0.25, 0.3) is 0 Å². The van der Waals surface area contributed by atoms with Gasteiger partial charge < -0.3 is 5.11 Å². The molecule has 1 fully saturated rings. The van der Waals surface area contributed by atoms with E-state index in [4.69, 9.17) is 11.6 Å². The van der Waals surface area contributed by atoms with Gasteiger partial charge >= 0.3 is 0 Å². The van der Waals surface area contributed by atoms with Crippen molar-refractivity contribution in [3.05, 3.63) is 34.6 Å². The SMILES string of the molecule is CC1CCCCC1(O)Cc1cccc(Cl)c1F. The first-order valence-electron chi connectivity index (χ1n) is 6.18. The van der Waals surface area contributed by atoms with Gasteiger partial charge in [0.1, 0.15) is 5.82 Å². The van der Waals surface area contributed by atoms with Crippen molar-refractivity contribution >= 4 is 11.6 Å². The maximum atomic E-state index is 13.8. The second-order valence-electron chi connectivity index (χ2n) is 5.14. The first-order valence-corrected chi connectivity index (χ1v) is 6.56. The van der Waals surface area contributed by atoms with Crippen LogP contribution in [0.1, 0.15) is 38.2 Å².